The Hall–Kier alpha value is -3.61. The highest BCUT2D eigenvalue weighted by Crippen LogP contribution is 2.46. The Bertz CT molecular complexity index is 1570. The number of nitrogens with zero attached hydrogens (tertiary/aromatic N) is 1. The Morgan fingerprint density at radius 2 is 1.80 bits per heavy atom. The van der Waals surface area contributed by atoms with Gasteiger partial charge < -0.3 is 10.0 Å². The number of carboxylic acids is 1. The van der Waals surface area contributed by atoms with Gasteiger partial charge in [0.15, 0.2) is 0 Å². The maximum Gasteiger partial charge on any atom is 0.335 e. The Balaban J connectivity index is 1.56. The van der Waals surface area contributed by atoms with Crippen LogP contribution in [0.3, 0.4) is 0 Å². The van der Waals surface area contributed by atoms with E-state index in [9.17, 15) is 28.3 Å². The number of carboxylic acid groups (broad SMARTS) is 1. The van der Waals surface area contributed by atoms with Crippen LogP contribution in [0, 0.1) is 0 Å². The molecule has 0 spiro atoms. The normalized spacial score (nSPS) is 22.2. The van der Waals surface area contributed by atoms with Crippen molar-refractivity contribution >= 4 is 40.7 Å². The average Bonchev–Trinajstić information content (AvgIpc) is 3.01. The van der Waals surface area contributed by atoms with Crippen molar-refractivity contribution in [3.8, 4) is 0 Å². The quantitative estimate of drug-likeness (QED) is 0.177. The number of hydrogen-bond acceptors (Lipinski definition) is 5. The second kappa shape index (κ2) is 14.0. The molecule has 1 heterocycles. The predicted molar refractivity (Wildman–Crippen MR) is 165 cm³/mol. The van der Waals surface area contributed by atoms with E-state index in [0.29, 0.717) is 46.5 Å². The lowest BCUT2D eigenvalue weighted by Gasteiger charge is -2.49. The van der Waals surface area contributed by atoms with Gasteiger partial charge in [0.1, 0.15) is 0 Å². The Morgan fingerprint density at radius 3 is 2.50 bits per heavy atom. The van der Waals surface area contributed by atoms with Crippen LogP contribution >= 0.6 is 11.6 Å². The van der Waals surface area contributed by atoms with Gasteiger partial charge in [-0.25, -0.2) is 19.2 Å². The molecule has 1 fully saturated rings. The molecule has 0 radical (unpaired) electrons. The zero-order chi connectivity index (χ0) is 31.4. The molecule has 3 aromatic rings. The zero-order valence-corrected chi connectivity index (χ0v) is 25.6. The first-order valence-electron chi connectivity index (χ1n) is 14.5. The number of hydroxylamine groups is 1. The number of aromatic carboxylic acids is 1. The number of fused-ring (bicyclic) bond motifs is 1. The third-order valence-corrected chi connectivity index (χ3v) is 9.11. The van der Waals surface area contributed by atoms with Gasteiger partial charge in [-0.1, -0.05) is 67.8 Å². The number of rotatable bonds is 10. The minimum absolute atomic E-state index is 0.0768. The first-order valence-corrected chi connectivity index (χ1v) is 16.0. The summed E-state index contributed by atoms with van der Waals surface area (Å²) in [5.41, 5.74) is 5.80. The van der Waals surface area contributed by atoms with E-state index in [1.54, 1.807) is 47.4 Å². The third kappa shape index (κ3) is 6.87. The fraction of sp³-hybridized carbons (Fsp3) is 0.344. The summed E-state index contributed by atoms with van der Waals surface area (Å²) in [6.07, 6.45) is 3.51. The van der Waals surface area contributed by atoms with Gasteiger partial charge in [-0.15, -0.1) is 0 Å². The van der Waals surface area contributed by atoms with Crippen LogP contribution in [0.15, 0.2) is 66.7 Å². The molecule has 0 bridgehead atoms. The van der Waals surface area contributed by atoms with E-state index in [0.717, 1.165) is 18.4 Å². The first kappa shape index (κ1) is 31.8. The number of aryl methyl sites for hydroxylation is 1. The summed E-state index contributed by atoms with van der Waals surface area (Å²) in [7, 11) is 0. The zero-order valence-electron chi connectivity index (χ0n) is 24.1. The monoisotopic (exact) mass is 639 g/mol. The van der Waals surface area contributed by atoms with Gasteiger partial charge in [-0.3, -0.25) is 19.0 Å². The summed E-state index contributed by atoms with van der Waals surface area (Å²) in [5, 5.41) is 9.81. The molecule has 1 unspecified atom stereocenters. The maximum atomic E-state index is 14.4. The maximum absolute atomic E-state index is 14.4. The second-order valence-corrected chi connectivity index (χ2v) is 12.2. The third-order valence-electron chi connectivity index (χ3n) is 8.36. The van der Waals surface area contributed by atoms with Crippen LogP contribution in [0.4, 0.5) is 0 Å². The van der Waals surface area contributed by atoms with E-state index in [1.807, 2.05) is 19.1 Å². The molecule has 1 aliphatic carbocycles. The van der Waals surface area contributed by atoms with E-state index in [-0.39, 0.29) is 18.1 Å². The smallest absolute Gasteiger partial charge is 0.335 e. The summed E-state index contributed by atoms with van der Waals surface area (Å²) in [6, 6.07) is 17.0. The van der Waals surface area contributed by atoms with E-state index in [4.69, 9.17) is 16.4 Å². The number of halogens is 1. The summed E-state index contributed by atoms with van der Waals surface area (Å²) in [4.78, 5) is 47.3. The van der Waals surface area contributed by atoms with Crippen LogP contribution in [0.1, 0.15) is 87.5 Å². The molecule has 4 N–H and O–H groups in total. The lowest BCUT2D eigenvalue weighted by molar-refractivity contribution is -0.138. The molecule has 5 rings (SSSR count). The fourth-order valence-corrected chi connectivity index (χ4v) is 6.95. The van der Waals surface area contributed by atoms with E-state index < -0.39 is 47.2 Å². The van der Waals surface area contributed by atoms with Crippen LogP contribution in [0.5, 0.6) is 0 Å². The van der Waals surface area contributed by atoms with Crippen LogP contribution in [0.25, 0.3) is 0 Å². The molecule has 0 aromatic heterocycles. The lowest BCUT2D eigenvalue weighted by atomic mass is 9.76. The molecule has 12 heteroatoms. The van der Waals surface area contributed by atoms with Gasteiger partial charge >= 0.3 is 5.97 Å². The molecular weight excluding hydrogens is 606 g/mol. The van der Waals surface area contributed by atoms with Crippen molar-refractivity contribution in [1.82, 2.24) is 15.1 Å². The highest BCUT2D eigenvalue weighted by molar-refractivity contribution is 7.77. The van der Waals surface area contributed by atoms with Crippen molar-refractivity contribution in [2.24, 2.45) is 0 Å². The first-order chi connectivity index (χ1) is 21.2. The molecule has 2 amide bonds. The highest BCUT2D eigenvalue weighted by Gasteiger charge is 2.49. The van der Waals surface area contributed by atoms with Crippen molar-refractivity contribution in [2.45, 2.75) is 69.7 Å². The summed E-state index contributed by atoms with van der Waals surface area (Å²) in [6.45, 7) is 1.92. The molecule has 232 valence electrons. The minimum Gasteiger partial charge on any atom is -0.478 e. The fourth-order valence-electron chi connectivity index (χ4n) is 6.29. The van der Waals surface area contributed by atoms with Crippen LogP contribution in [0.2, 0.25) is 5.02 Å². The Morgan fingerprint density at radius 1 is 1.05 bits per heavy atom. The minimum atomic E-state index is -2.29. The van der Waals surface area contributed by atoms with E-state index in [2.05, 4.69) is 10.2 Å². The number of nitrogens with one attached hydrogen (secondary N) is 2. The largest absolute Gasteiger partial charge is 0.478 e. The molecule has 2 aliphatic rings. The van der Waals surface area contributed by atoms with Crippen LogP contribution in [-0.2, 0) is 33.9 Å². The number of carbonyl (C=O) groups is 3. The molecule has 0 saturated heterocycles. The van der Waals surface area contributed by atoms with Crippen molar-refractivity contribution < 1.29 is 33.1 Å². The Kier molecular flexibility index (Phi) is 10.1. The summed E-state index contributed by atoms with van der Waals surface area (Å²) >= 11 is 3.94. The number of carbonyl (C=O) groups excluding carboxylic acids is 2. The SMILES string of the molecule is CCc1ccc2c(c1)[C@@H](C(=O)NOCc1cccc(C(=O)O)c1)[C@H](c1ccc(Cl)cc1)N([C@H]1CCCC[C@@H]1NS(=O)O)C2=O. The highest BCUT2D eigenvalue weighted by atomic mass is 35.5. The molecule has 10 nitrogen and oxygen atoms in total. The van der Waals surface area contributed by atoms with Crippen molar-refractivity contribution in [2.75, 3.05) is 0 Å². The van der Waals surface area contributed by atoms with Gasteiger partial charge in [0.2, 0.25) is 11.3 Å². The van der Waals surface area contributed by atoms with Gasteiger partial charge in [-0.2, -0.15) is 0 Å². The predicted octanol–water partition coefficient (Wildman–Crippen LogP) is 5.17. The Labute approximate surface area is 263 Å². The lowest BCUT2D eigenvalue weighted by Crippen LogP contribution is -2.58. The standard InChI is InChI=1S/C32H34ClN3O7S/c1-2-19-10-15-24-25(17-19)28(30(37)34-43-18-20-6-5-7-22(16-20)32(39)40)29(21-11-13-23(33)14-12-21)36(31(24)38)27-9-4-3-8-26(27)35-44(41)42/h5-7,10-17,26-29,35H,2-4,8-9,18H2,1H3,(H,34,37)(H,39,40)(H,41,42)/t26-,27-,28+,29-/m0/s1. The van der Waals surface area contributed by atoms with Crippen molar-refractivity contribution in [1.29, 1.82) is 0 Å². The number of benzene rings is 3. The molecule has 3 aromatic carbocycles. The molecule has 44 heavy (non-hydrogen) atoms. The van der Waals surface area contributed by atoms with Gasteiger partial charge in [0.25, 0.3) is 11.8 Å². The molecular formula is C32H34ClN3O7S. The molecule has 1 aliphatic heterocycles. The topological polar surface area (TPSA) is 145 Å². The summed E-state index contributed by atoms with van der Waals surface area (Å²) < 4.78 is 24.3. The molecule has 1 saturated carbocycles. The van der Waals surface area contributed by atoms with Gasteiger partial charge in [0.05, 0.1) is 24.1 Å². The number of hydrogen-bond donors (Lipinski definition) is 4. The van der Waals surface area contributed by atoms with E-state index in [1.165, 1.54) is 12.1 Å². The van der Waals surface area contributed by atoms with Crippen LogP contribution in [-0.4, -0.2) is 48.6 Å². The second-order valence-electron chi connectivity index (χ2n) is 11.0. The van der Waals surface area contributed by atoms with Crippen LogP contribution < -0.4 is 10.2 Å². The number of amides is 2. The van der Waals surface area contributed by atoms with Gasteiger partial charge in [0, 0.05) is 22.7 Å². The average molecular weight is 640 g/mol. The van der Waals surface area contributed by atoms with Crippen molar-refractivity contribution in [3.63, 3.8) is 0 Å². The van der Waals surface area contributed by atoms with Gasteiger partial charge in [-0.05, 0) is 71.8 Å². The van der Waals surface area contributed by atoms with E-state index >= 15 is 0 Å². The summed E-state index contributed by atoms with van der Waals surface area (Å²) in [5.74, 6) is -2.72. The molecule has 5 atom stereocenters. The van der Waals surface area contributed by atoms with Crippen molar-refractivity contribution in [3.05, 3.63) is 105 Å².